The van der Waals surface area contributed by atoms with Crippen LogP contribution in [0.5, 0.6) is 5.75 Å². The molecule has 3 fully saturated rings. The van der Waals surface area contributed by atoms with E-state index in [0.29, 0.717) is 24.2 Å². The molecule has 41 heavy (non-hydrogen) atoms. The van der Waals surface area contributed by atoms with E-state index >= 15 is 4.39 Å². The van der Waals surface area contributed by atoms with Crippen LogP contribution in [0, 0.1) is 11.7 Å². The maximum Gasteiger partial charge on any atom is 0.408 e. The smallest absolute Gasteiger partial charge is 0.408 e. The number of likely N-dealkylation sites (tertiary alicyclic amines) is 2. The Balaban J connectivity index is 1.23. The molecule has 5 rings (SSSR count). The number of carboxylic acid groups (broad SMARTS) is 1. The summed E-state index contributed by atoms with van der Waals surface area (Å²) in [6, 6.07) is 4.16. The molecule has 2 saturated heterocycles. The van der Waals surface area contributed by atoms with Gasteiger partial charge in [-0.25, -0.2) is 8.78 Å². The summed E-state index contributed by atoms with van der Waals surface area (Å²) in [4.78, 5) is 14.4. The molecular weight excluding hydrogens is 590 g/mol. The van der Waals surface area contributed by atoms with Crippen LogP contribution >= 0.6 is 23.2 Å². The number of rotatable bonds is 9. The molecule has 3 aliphatic rings. The van der Waals surface area contributed by atoms with Crippen LogP contribution in [0.25, 0.3) is 0 Å². The average molecular weight is 621 g/mol. The first-order chi connectivity index (χ1) is 19.4. The highest BCUT2D eigenvalue weighted by atomic mass is 35.5. The van der Waals surface area contributed by atoms with Crippen molar-refractivity contribution in [1.29, 1.82) is 0 Å². The quantitative estimate of drug-likeness (QED) is 0.296. The molecule has 1 aliphatic carbocycles. The second kappa shape index (κ2) is 12.2. The molecule has 2 aromatic rings. The number of carbonyl (C=O) groups is 1. The minimum absolute atomic E-state index is 0.0000173. The Morgan fingerprint density at radius 3 is 2.29 bits per heavy atom. The maximum atomic E-state index is 15.1. The van der Waals surface area contributed by atoms with Gasteiger partial charge in [0.25, 0.3) is 0 Å². The molecule has 12 heteroatoms. The first-order valence-corrected chi connectivity index (χ1v) is 14.5. The summed E-state index contributed by atoms with van der Waals surface area (Å²) in [6.45, 7) is 0.552. The third-order valence-electron chi connectivity index (χ3n) is 8.21. The number of hydrogen-bond donors (Lipinski definition) is 1. The zero-order valence-corrected chi connectivity index (χ0v) is 23.7. The Morgan fingerprint density at radius 1 is 1.05 bits per heavy atom. The number of aliphatic carboxylic acids is 1. The van der Waals surface area contributed by atoms with E-state index < -0.39 is 36.2 Å². The van der Waals surface area contributed by atoms with Gasteiger partial charge in [0.2, 0.25) is 0 Å². The molecule has 5 nitrogen and oxygen atoms in total. The molecular formula is C29H31Cl2F5N2O3. The highest BCUT2D eigenvalue weighted by molar-refractivity contribution is 6.34. The number of carboxylic acids is 1. The van der Waals surface area contributed by atoms with Gasteiger partial charge in [0.15, 0.2) is 0 Å². The first-order valence-electron chi connectivity index (χ1n) is 13.7. The lowest BCUT2D eigenvalue weighted by molar-refractivity contribution is -0.190. The summed E-state index contributed by atoms with van der Waals surface area (Å²) in [6.07, 6.45) is -3.14. The van der Waals surface area contributed by atoms with E-state index in [1.165, 1.54) is 34.1 Å². The standard InChI is InChI=1S/C29H31Cl2F5N2O3/c30-20-7-18(8-21(31)10-20)27(29(34,35)36)37-5-3-16(4-6-37)15-41-26-12-24(33)19(9-23(26)17-1-2-17)13-38-14-22(32)11-25(38)28(39)40/h7-10,12,16-17,22,25,27H,1-6,11,13-15H2,(H,39,40)/t22-,25+,27-/m1/s1. The number of piperidine rings is 1. The predicted molar refractivity (Wildman–Crippen MR) is 145 cm³/mol. The second-order valence-corrected chi connectivity index (χ2v) is 12.2. The van der Waals surface area contributed by atoms with E-state index in [1.807, 2.05) is 0 Å². The van der Waals surface area contributed by atoms with Crippen LogP contribution in [0.15, 0.2) is 30.3 Å². The van der Waals surface area contributed by atoms with E-state index in [2.05, 4.69) is 0 Å². The summed E-state index contributed by atoms with van der Waals surface area (Å²) in [5.74, 6) is -1.10. The Labute approximate surface area is 245 Å². The molecule has 2 aliphatic heterocycles. The summed E-state index contributed by atoms with van der Waals surface area (Å²) in [7, 11) is 0. The number of benzene rings is 2. The van der Waals surface area contributed by atoms with Crippen LogP contribution in [0.4, 0.5) is 22.0 Å². The van der Waals surface area contributed by atoms with Crippen LogP contribution in [0.1, 0.15) is 60.8 Å². The van der Waals surface area contributed by atoms with Gasteiger partial charge >= 0.3 is 12.1 Å². The van der Waals surface area contributed by atoms with Crippen molar-refractivity contribution in [3.05, 3.63) is 62.9 Å². The molecule has 224 valence electrons. The van der Waals surface area contributed by atoms with Gasteiger partial charge in [-0.3, -0.25) is 14.6 Å². The lowest BCUT2D eigenvalue weighted by Gasteiger charge is -2.38. The van der Waals surface area contributed by atoms with Crippen molar-refractivity contribution in [3.8, 4) is 5.75 Å². The van der Waals surface area contributed by atoms with Crippen molar-refractivity contribution in [2.75, 3.05) is 26.2 Å². The third-order valence-corrected chi connectivity index (χ3v) is 8.64. The molecule has 0 unspecified atom stereocenters. The van der Waals surface area contributed by atoms with Gasteiger partial charge in [-0.1, -0.05) is 23.2 Å². The Morgan fingerprint density at radius 2 is 1.71 bits per heavy atom. The van der Waals surface area contributed by atoms with Crippen LogP contribution in [0.3, 0.4) is 0 Å². The third kappa shape index (κ3) is 7.27. The first kappa shape index (κ1) is 30.3. The predicted octanol–water partition coefficient (Wildman–Crippen LogP) is 7.40. The second-order valence-electron chi connectivity index (χ2n) is 11.3. The van der Waals surface area contributed by atoms with Crippen molar-refractivity contribution >= 4 is 29.2 Å². The Kier molecular flexibility index (Phi) is 9.04. The van der Waals surface area contributed by atoms with E-state index in [-0.39, 0.29) is 66.7 Å². The summed E-state index contributed by atoms with van der Waals surface area (Å²) < 4.78 is 77.4. The van der Waals surface area contributed by atoms with Gasteiger partial charge in [0.1, 0.15) is 29.8 Å². The molecule has 0 spiro atoms. The zero-order valence-electron chi connectivity index (χ0n) is 22.1. The molecule has 3 atom stereocenters. The van der Waals surface area contributed by atoms with E-state index in [0.717, 1.165) is 18.4 Å². The minimum Gasteiger partial charge on any atom is -0.493 e. The van der Waals surface area contributed by atoms with Crippen LogP contribution in [-0.4, -0.2) is 65.5 Å². The van der Waals surface area contributed by atoms with Gasteiger partial charge in [0.05, 0.1) is 6.61 Å². The summed E-state index contributed by atoms with van der Waals surface area (Å²) in [5.41, 5.74) is 1.13. The van der Waals surface area contributed by atoms with Gasteiger partial charge in [-0.05, 0) is 86.0 Å². The zero-order chi connectivity index (χ0) is 29.5. The molecule has 0 bridgehead atoms. The molecule has 1 saturated carbocycles. The summed E-state index contributed by atoms with van der Waals surface area (Å²) >= 11 is 12.0. The van der Waals surface area contributed by atoms with Crippen molar-refractivity contribution in [3.63, 3.8) is 0 Å². The van der Waals surface area contributed by atoms with Gasteiger partial charge in [-0.2, -0.15) is 13.2 Å². The normalized spacial score (nSPS) is 23.6. The molecule has 0 radical (unpaired) electrons. The fraction of sp³-hybridized carbons (Fsp3) is 0.552. The van der Waals surface area contributed by atoms with Crippen LogP contribution in [-0.2, 0) is 11.3 Å². The van der Waals surface area contributed by atoms with Crippen molar-refractivity contribution in [2.24, 2.45) is 5.92 Å². The number of ether oxygens (including phenoxy) is 1. The molecule has 1 N–H and O–H groups in total. The summed E-state index contributed by atoms with van der Waals surface area (Å²) in [5, 5.41) is 9.70. The Bertz CT molecular complexity index is 1250. The number of hydrogen-bond acceptors (Lipinski definition) is 4. The number of halogens is 7. The minimum atomic E-state index is -4.51. The molecule has 0 aromatic heterocycles. The molecule has 2 heterocycles. The van der Waals surface area contributed by atoms with Gasteiger partial charge in [0, 0.05) is 41.2 Å². The highest BCUT2D eigenvalue weighted by Gasteiger charge is 2.46. The lowest BCUT2D eigenvalue weighted by atomic mass is 9.94. The average Bonchev–Trinajstić information content (AvgIpc) is 3.65. The largest absolute Gasteiger partial charge is 0.493 e. The van der Waals surface area contributed by atoms with Gasteiger partial charge in [-0.15, -0.1) is 0 Å². The van der Waals surface area contributed by atoms with Crippen molar-refractivity contribution < 1.29 is 36.6 Å². The topological polar surface area (TPSA) is 53.0 Å². The Hall–Kier alpha value is -2.14. The monoisotopic (exact) mass is 620 g/mol. The van der Waals surface area contributed by atoms with Crippen LogP contribution < -0.4 is 4.74 Å². The fourth-order valence-corrected chi connectivity index (χ4v) is 6.54. The number of alkyl halides is 4. The van der Waals surface area contributed by atoms with Crippen LogP contribution in [0.2, 0.25) is 10.0 Å². The number of nitrogens with zero attached hydrogens (tertiary/aromatic N) is 2. The van der Waals surface area contributed by atoms with E-state index in [4.69, 9.17) is 27.9 Å². The maximum absolute atomic E-state index is 15.1. The van der Waals surface area contributed by atoms with Gasteiger partial charge < -0.3 is 9.84 Å². The highest BCUT2D eigenvalue weighted by Crippen LogP contribution is 2.46. The molecule has 2 aromatic carbocycles. The molecule has 0 amide bonds. The lowest BCUT2D eigenvalue weighted by Crippen LogP contribution is -2.43. The SMILES string of the molecule is O=C(O)[C@@H]1C[C@@H](F)CN1Cc1cc(C2CC2)c(OCC2CCN([C@H](c3cc(Cl)cc(Cl)c3)C(F)(F)F)CC2)cc1F. The van der Waals surface area contributed by atoms with Crippen molar-refractivity contribution in [2.45, 2.75) is 69.0 Å². The van der Waals surface area contributed by atoms with E-state index in [1.54, 1.807) is 6.07 Å². The van der Waals surface area contributed by atoms with Crippen molar-refractivity contribution in [1.82, 2.24) is 9.80 Å². The van der Waals surface area contributed by atoms with E-state index in [9.17, 15) is 27.5 Å². The fourth-order valence-electron chi connectivity index (χ4n) is 6.00.